The van der Waals surface area contributed by atoms with Gasteiger partial charge in [0.15, 0.2) is 5.78 Å². The predicted molar refractivity (Wildman–Crippen MR) is 152 cm³/mol. The van der Waals surface area contributed by atoms with Gasteiger partial charge in [0.1, 0.15) is 5.60 Å². The van der Waals surface area contributed by atoms with E-state index in [0.717, 1.165) is 29.3 Å². The molecule has 11 heteroatoms. The highest BCUT2D eigenvalue weighted by atomic mass is 35.5. The zero-order chi connectivity index (χ0) is 30.5. The molecule has 1 heterocycles. The lowest BCUT2D eigenvalue weighted by molar-refractivity contribution is -0.137. The van der Waals surface area contributed by atoms with E-state index >= 15 is 0 Å². The number of pyridine rings is 1. The molecule has 0 atom stereocenters. The van der Waals surface area contributed by atoms with Crippen molar-refractivity contribution in [3.63, 3.8) is 0 Å². The average molecular weight is 590 g/mol. The molecule has 2 aromatic carbocycles. The fourth-order valence-corrected chi connectivity index (χ4v) is 4.18. The highest BCUT2D eigenvalue weighted by Gasteiger charge is 2.34. The molecular formula is C30H31ClF3N3O4. The summed E-state index contributed by atoms with van der Waals surface area (Å²) in [5.74, 6) is -1.02. The number of nitrogens with one attached hydrogen (secondary N) is 2. The Hall–Kier alpha value is -3.92. The van der Waals surface area contributed by atoms with E-state index in [1.54, 1.807) is 45.2 Å². The van der Waals surface area contributed by atoms with Gasteiger partial charge in [-0.15, -0.1) is 0 Å². The van der Waals surface area contributed by atoms with E-state index in [2.05, 4.69) is 29.5 Å². The molecule has 3 aromatic rings. The first kappa shape index (κ1) is 31.6. The Balaban J connectivity index is 1.82. The zero-order valence-corrected chi connectivity index (χ0v) is 24.0. The van der Waals surface area contributed by atoms with Crippen LogP contribution in [0.3, 0.4) is 0 Å². The van der Waals surface area contributed by atoms with Crippen LogP contribution in [-0.2, 0) is 22.1 Å². The molecule has 0 aliphatic carbocycles. The summed E-state index contributed by atoms with van der Waals surface area (Å²) in [6.07, 6.45) is -3.98. The molecule has 1 aromatic heterocycles. The van der Waals surface area contributed by atoms with Crippen LogP contribution in [0, 0.1) is 5.92 Å². The van der Waals surface area contributed by atoms with Crippen molar-refractivity contribution in [2.24, 2.45) is 5.92 Å². The van der Waals surface area contributed by atoms with Crippen LogP contribution < -0.4 is 10.6 Å². The van der Waals surface area contributed by atoms with Gasteiger partial charge in [0.05, 0.1) is 28.4 Å². The van der Waals surface area contributed by atoms with Gasteiger partial charge in [0, 0.05) is 17.5 Å². The molecule has 0 radical (unpaired) electrons. The zero-order valence-electron chi connectivity index (χ0n) is 23.3. The van der Waals surface area contributed by atoms with Crippen molar-refractivity contribution in [1.82, 2.24) is 4.98 Å². The first-order valence-electron chi connectivity index (χ1n) is 12.8. The largest absolute Gasteiger partial charge is 0.444 e. The molecule has 0 aliphatic heterocycles. The van der Waals surface area contributed by atoms with Gasteiger partial charge in [-0.3, -0.25) is 19.9 Å². The number of nitrogens with zero attached hydrogens (tertiary/aromatic N) is 1. The van der Waals surface area contributed by atoms with Gasteiger partial charge in [0.2, 0.25) is 5.91 Å². The van der Waals surface area contributed by atoms with Crippen LogP contribution in [0.1, 0.15) is 62.7 Å². The Morgan fingerprint density at radius 2 is 1.61 bits per heavy atom. The highest BCUT2D eigenvalue weighted by Crippen LogP contribution is 2.40. The maximum atomic E-state index is 13.5. The van der Waals surface area contributed by atoms with Crippen molar-refractivity contribution in [1.29, 1.82) is 0 Å². The number of hydrogen-bond donors (Lipinski definition) is 2. The number of aromatic nitrogens is 1. The minimum atomic E-state index is -4.83. The summed E-state index contributed by atoms with van der Waals surface area (Å²) in [6.45, 7) is 8.99. The van der Waals surface area contributed by atoms with Crippen LogP contribution >= 0.6 is 11.6 Å². The Morgan fingerprint density at radius 3 is 2.24 bits per heavy atom. The number of benzene rings is 2. The fourth-order valence-electron chi connectivity index (χ4n) is 3.91. The van der Waals surface area contributed by atoms with Crippen molar-refractivity contribution >= 4 is 40.8 Å². The smallest absolute Gasteiger partial charge is 0.417 e. The van der Waals surface area contributed by atoms with Gasteiger partial charge in [-0.05, 0) is 74.6 Å². The van der Waals surface area contributed by atoms with Crippen molar-refractivity contribution in [3.05, 3.63) is 76.6 Å². The third-order valence-electron chi connectivity index (χ3n) is 5.60. The second-order valence-electron chi connectivity index (χ2n) is 10.9. The number of Topliss-reactive ketones (excluding diaryl/α,β-unsaturated/α-hetero) is 1. The Kier molecular flexibility index (Phi) is 9.81. The number of hydrogen-bond acceptors (Lipinski definition) is 5. The maximum Gasteiger partial charge on any atom is 0.417 e. The number of ketones is 1. The standard InChI is InChI=1S/C30H31ClF3N3O4/c1-17(2)11-21-13-19(9-10-35-21)18-7-6-8-20(12-18)26(38)16-27(39)36-24-14-22(30(32,33)34)23(31)15-25(24)37-28(40)41-29(3,4)5/h6-10,12-15,17H,11,16H2,1-5H3,(H,36,39)(H,37,40). The lowest BCUT2D eigenvalue weighted by Crippen LogP contribution is -2.28. The monoisotopic (exact) mass is 589 g/mol. The van der Waals surface area contributed by atoms with Gasteiger partial charge in [-0.2, -0.15) is 13.2 Å². The Morgan fingerprint density at radius 1 is 0.951 bits per heavy atom. The van der Waals surface area contributed by atoms with Crippen molar-refractivity contribution in [2.75, 3.05) is 10.6 Å². The summed E-state index contributed by atoms with van der Waals surface area (Å²) in [4.78, 5) is 42.4. The molecule has 2 amide bonds. The summed E-state index contributed by atoms with van der Waals surface area (Å²) in [5, 5.41) is 3.90. The lowest BCUT2D eigenvalue weighted by Gasteiger charge is -2.21. The number of carbonyl (C=O) groups excluding carboxylic acids is 3. The van der Waals surface area contributed by atoms with Gasteiger partial charge in [0.25, 0.3) is 0 Å². The van der Waals surface area contributed by atoms with Gasteiger partial charge in [-0.25, -0.2) is 4.79 Å². The van der Waals surface area contributed by atoms with Crippen LogP contribution in [0.15, 0.2) is 54.7 Å². The van der Waals surface area contributed by atoms with Crippen LogP contribution in [0.5, 0.6) is 0 Å². The van der Waals surface area contributed by atoms with E-state index in [0.29, 0.717) is 12.0 Å². The minimum absolute atomic E-state index is 0.227. The SMILES string of the molecule is CC(C)Cc1cc(-c2cccc(C(=O)CC(=O)Nc3cc(C(F)(F)F)c(Cl)cc3NC(=O)OC(C)(C)C)c2)ccn1. The quantitative estimate of drug-likeness (QED) is 0.204. The molecular weight excluding hydrogens is 559 g/mol. The van der Waals surface area contributed by atoms with E-state index in [1.165, 1.54) is 0 Å². The molecule has 3 rings (SSSR count). The first-order chi connectivity index (χ1) is 19.0. The minimum Gasteiger partial charge on any atom is -0.444 e. The van der Waals surface area contributed by atoms with Crippen LogP contribution in [-0.4, -0.2) is 28.4 Å². The number of rotatable bonds is 8. The van der Waals surface area contributed by atoms with Crippen LogP contribution in [0.25, 0.3) is 11.1 Å². The van der Waals surface area contributed by atoms with Crippen LogP contribution in [0.4, 0.5) is 29.3 Å². The van der Waals surface area contributed by atoms with E-state index in [-0.39, 0.29) is 11.3 Å². The number of amides is 2. The second kappa shape index (κ2) is 12.7. The predicted octanol–water partition coefficient (Wildman–Crippen LogP) is 8.18. The second-order valence-corrected chi connectivity index (χ2v) is 11.3. The first-order valence-corrected chi connectivity index (χ1v) is 13.2. The third-order valence-corrected chi connectivity index (χ3v) is 5.91. The normalized spacial score (nSPS) is 11.8. The number of alkyl halides is 3. The lowest BCUT2D eigenvalue weighted by atomic mass is 9.99. The summed E-state index contributed by atoms with van der Waals surface area (Å²) in [7, 11) is 0. The van der Waals surface area contributed by atoms with Crippen molar-refractivity contribution < 1.29 is 32.3 Å². The van der Waals surface area contributed by atoms with Crippen molar-refractivity contribution in [3.8, 4) is 11.1 Å². The third kappa shape index (κ3) is 9.31. The number of anilines is 2. The van der Waals surface area contributed by atoms with Gasteiger partial charge >= 0.3 is 12.3 Å². The number of ether oxygens (including phenoxy) is 1. The molecule has 0 bridgehead atoms. The summed E-state index contributed by atoms with van der Waals surface area (Å²) in [6, 6.07) is 11.9. The molecule has 0 fully saturated rings. The fraction of sp³-hybridized carbons (Fsp3) is 0.333. The molecule has 7 nitrogen and oxygen atoms in total. The van der Waals surface area contributed by atoms with E-state index in [9.17, 15) is 27.6 Å². The summed E-state index contributed by atoms with van der Waals surface area (Å²) in [5.41, 5.74) is 0.0234. The molecule has 2 N–H and O–H groups in total. The van der Waals surface area contributed by atoms with E-state index in [1.807, 2.05) is 18.2 Å². The molecule has 41 heavy (non-hydrogen) atoms. The summed E-state index contributed by atoms with van der Waals surface area (Å²) >= 11 is 5.82. The van der Waals surface area contributed by atoms with Gasteiger partial charge < -0.3 is 10.1 Å². The van der Waals surface area contributed by atoms with Crippen molar-refractivity contribution in [2.45, 2.75) is 59.2 Å². The highest BCUT2D eigenvalue weighted by molar-refractivity contribution is 6.32. The molecule has 0 aliphatic rings. The van der Waals surface area contributed by atoms with Crippen LogP contribution in [0.2, 0.25) is 5.02 Å². The molecule has 0 spiro atoms. The Labute approximate surface area is 241 Å². The van der Waals surface area contributed by atoms with Gasteiger partial charge in [-0.1, -0.05) is 43.6 Å². The van der Waals surface area contributed by atoms with E-state index < -0.39 is 52.3 Å². The topological polar surface area (TPSA) is 97.4 Å². The number of carbonyl (C=O) groups is 3. The Bertz CT molecular complexity index is 1450. The molecule has 0 unspecified atom stereocenters. The molecule has 0 saturated heterocycles. The number of halogens is 4. The average Bonchev–Trinajstić information content (AvgIpc) is 2.83. The maximum absolute atomic E-state index is 13.5. The summed E-state index contributed by atoms with van der Waals surface area (Å²) < 4.78 is 45.7. The van der Waals surface area contributed by atoms with E-state index in [4.69, 9.17) is 16.3 Å². The molecule has 218 valence electrons. The molecule has 0 saturated carbocycles.